The maximum atomic E-state index is 12.0. The Morgan fingerprint density at radius 2 is 1.74 bits per heavy atom. The molecule has 0 spiro atoms. The fourth-order valence-corrected chi connectivity index (χ4v) is 1.71. The van der Waals surface area contributed by atoms with Gasteiger partial charge in [-0.15, -0.1) is 0 Å². The normalized spacial score (nSPS) is 9.89. The Balaban J connectivity index is 2.98. The van der Waals surface area contributed by atoms with Crippen LogP contribution in [0, 0.1) is 0 Å². The number of nitrogens with one attached hydrogen (secondary N) is 1. The molecule has 1 aromatic carbocycles. The lowest BCUT2D eigenvalue weighted by atomic mass is 10.2. The molecule has 1 rings (SSSR count). The lowest BCUT2D eigenvalue weighted by molar-refractivity contribution is 0.217. The number of methoxy groups -OCH3 is 2. The van der Waals surface area contributed by atoms with Crippen LogP contribution in [0.15, 0.2) is 12.1 Å². The van der Waals surface area contributed by atoms with Gasteiger partial charge in [-0.1, -0.05) is 0 Å². The fourth-order valence-electron chi connectivity index (χ4n) is 1.71. The van der Waals surface area contributed by atoms with Crippen molar-refractivity contribution < 1.29 is 14.3 Å². The molecule has 0 aliphatic rings. The van der Waals surface area contributed by atoms with Gasteiger partial charge in [-0.25, -0.2) is 4.79 Å². The molecule has 6 heteroatoms. The molecule has 0 heterocycles. The molecule has 6 nitrogen and oxygen atoms in total. The molecule has 0 saturated heterocycles. The van der Waals surface area contributed by atoms with Crippen LogP contribution >= 0.6 is 0 Å². The minimum absolute atomic E-state index is 0.191. The van der Waals surface area contributed by atoms with Crippen molar-refractivity contribution in [1.82, 2.24) is 4.90 Å². The monoisotopic (exact) mass is 267 g/mol. The second kappa shape index (κ2) is 6.72. The van der Waals surface area contributed by atoms with E-state index in [9.17, 15) is 4.79 Å². The summed E-state index contributed by atoms with van der Waals surface area (Å²) in [7, 11) is 3.06. The average Bonchev–Trinajstić information content (AvgIpc) is 2.41. The van der Waals surface area contributed by atoms with Crippen LogP contribution in [0.4, 0.5) is 16.2 Å². The zero-order valence-corrected chi connectivity index (χ0v) is 11.8. The van der Waals surface area contributed by atoms with E-state index in [2.05, 4.69) is 5.32 Å². The minimum Gasteiger partial charge on any atom is -0.493 e. The summed E-state index contributed by atoms with van der Waals surface area (Å²) in [5, 5.41) is 2.76. The second-order valence-corrected chi connectivity index (χ2v) is 3.90. The summed E-state index contributed by atoms with van der Waals surface area (Å²) in [6, 6.07) is 3.08. The molecule has 0 saturated carbocycles. The van der Waals surface area contributed by atoms with Crippen molar-refractivity contribution in [1.29, 1.82) is 0 Å². The highest BCUT2D eigenvalue weighted by Crippen LogP contribution is 2.34. The number of nitrogen functional groups attached to an aromatic ring is 1. The van der Waals surface area contributed by atoms with Crippen molar-refractivity contribution in [3.05, 3.63) is 12.1 Å². The van der Waals surface area contributed by atoms with Gasteiger partial charge >= 0.3 is 6.03 Å². The Bertz CT molecular complexity index is 445. The number of benzene rings is 1. The Morgan fingerprint density at radius 3 is 2.21 bits per heavy atom. The molecule has 0 fully saturated rings. The first kappa shape index (κ1) is 14.9. The molecular weight excluding hydrogens is 246 g/mol. The quantitative estimate of drug-likeness (QED) is 0.801. The fraction of sp³-hybridized carbons (Fsp3) is 0.462. The third kappa shape index (κ3) is 3.43. The smallest absolute Gasteiger partial charge is 0.321 e. The van der Waals surface area contributed by atoms with E-state index < -0.39 is 0 Å². The highest BCUT2D eigenvalue weighted by atomic mass is 16.5. The zero-order valence-electron chi connectivity index (χ0n) is 11.8. The predicted octanol–water partition coefficient (Wildman–Crippen LogP) is 2.16. The van der Waals surface area contributed by atoms with Crippen LogP contribution in [-0.2, 0) is 0 Å². The van der Waals surface area contributed by atoms with Crippen LogP contribution in [-0.4, -0.2) is 38.2 Å². The number of carbonyl (C=O) groups is 1. The number of urea groups is 1. The lowest BCUT2D eigenvalue weighted by Crippen LogP contribution is -2.34. The van der Waals surface area contributed by atoms with Gasteiger partial charge in [-0.3, -0.25) is 0 Å². The number of carbonyl (C=O) groups excluding carboxylic acids is 1. The highest BCUT2D eigenvalue weighted by Gasteiger charge is 2.14. The number of amides is 2. The average molecular weight is 267 g/mol. The number of ether oxygens (including phenoxy) is 2. The first-order valence-corrected chi connectivity index (χ1v) is 6.14. The first-order valence-electron chi connectivity index (χ1n) is 6.14. The first-order chi connectivity index (χ1) is 9.07. The Labute approximate surface area is 113 Å². The number of anilines is 2. The molecular formula is C13H21N3O3. The summed E-state index contributed by atoms with van der Waals surface area (Å²) in [6.07, 6.45) is 0. The van der Waals surface area contributed by atoms with E-state index in [1.165, 1.54) is 14.2 Å². The molecule has 0 bridgehead atoms. The standard InChI is InChI=1S/C13H21N3O3/c1-5-16(6-2)13(17)15-10-8-12(19-4)11(18-3)7-9(10)14/h7-8H,5-6,14H2,1-4H3,(H,15,17). The summed E-state index contributed by atoms with van der Waals surface area (Å²) in [5.41, 5.74) is 6.82. The molecule has 2 amide bonds. The molecule has 19 heavy (non-hydrogen) atoms. The van der Waals surface area contributed by atoms with Crippen molar-refractivity contribution in [3.63, 3.8) is 0 Å². The summed E-state index contributed by atoms with van der Waals surface area (Å²) in [5.74, 6) is 1.05. The third-order valence-corrected chi connectivity index (χ3v) is 2.85. The maximum absolute atomic E-state index is 12.0. The minimum atomic E-state index is -0.191. The van der Waals surface area contributed by atoms with E-state index in [-0.39, 0.29) is 6.03 Å². The maximum Gasteiger partial charge on any atom is 0.321 e. The molecule has 0 aliphatic carbocycles. The molecule has 0 atom stereocenters. The highest BCUT2D eigenvalue weighted by molar-refractivity contribution is 5.93. The summed E-state index contributed by atoms with van der Waals surface area (Å²) in [6.45, 7) is 5.10. The summed E-state index contributed by atoms with van der Waals surface area (Å²) < 4.78 is 10.3. The van der Waals surface area contributed by atoms with Crippen LogP contribution in [0.3, 0.4) is 0 Å². The number of hydrogen-bond donors (Lipinski definition) is 2. The van der Waals surface area contributed by atoms with Crippen molar-refractivity contribution in [3.8, 4) is 11.5 Å². The summed E-state index contributed by atoms with van der Waals surface area (Å²) in [4.78, 5) is 13.6. The zero-order chi connectivity index (χ0) is 14.4. The molecule has 1 aromatic rings. The van der Waals surface area contributed by atoms with Gasteiger partial charge < -0.3 is 25.4 Å². The predicted molar refractivity (Wildman–Crippen MR) is 75.9 cm³/mol. The van der Waals surface area contributed by atoms with E-state index in [1.807, 2.05) is 13.8 Å². The van der Waals surface area contributed by atoms with Crippen LogP contribution in [0.25, 0.3) is 0 Å². The number of nitrogens with two attached hydrogens (primary N) is 1. The van der Waals surface area contributed by atoms with Crippen molar-refractivity contribution in [2.24, 2.45) is 0 Å². The van der Waals surface area contributed by atoms with Gasteiger partial charge in [0.2, 0.25) is 0 Å². The number of rotatable bonds is 5. The molecule has 0 aromatic heterocycles. The van der Waals surface area contributed by atoms with E-state index in [0.717, 1.165) is 0 Å². The van der Waals surface area contributed by atoms with Crippen LogP contribution in [0.2, 0.25) is 0 Å². The van der Waals surface area contributed by atoms with E-state index in [0.29, 0.717) is 36.0 Å². The molecule has 3 N–H and O–H groups in total. The van der Waals surface area contributed by atoms with Gasteiger partial charge in [0.15, 0.2) is 11.5 Å². The van der Waals surface area contributed by atoms with Crippen LogP contribution in [0.5, 0.6) is 11.5 Å². The number of hydrogen-bond acceptors (Lipinski definition) is 4. The van der Waals surface area contributed by atoms with Gasteiger partial charge in [0.05, 0.1) is 25.6 Å². The van der Waals surface area contributed by atoms with E-state index in [4.69, 9.17) is 15.2 Å². The SMILES string of the molecule is CCN(CC)C(=O)Nc1cc(OC)c(OC)cc1N. The lowest BCUT2D eigenvalue weighted by Gasteiger charge is -2.20. The Hall–Kier alpha value is -2.11. The van der Waals surface area contributed by atoms with Crippen molar-refractivity contribution >= 4 is 17.4 Å². The second-order valence-electron chi connectivity index (χ2n) is 3.90. The third-order valence-electron chi connectivity index (χ3n) is 2.85. The van der Waals surface area contributed by atoms with E-state index in [1.54, 1.807) is 17.0 Å². The summed E-state index contributed by atoms with van der Waals surface area (Å²) >= 11 is 0. The van der Waals surface area contributed by atoms with Crippen molar-refractivity contribution in [2.45, 2.75) is 13.8 Å². The van der Waals surface area contributed by atoms with Crippen LogP contribution < -0.4 is 20.5 Å². The Morgan fingerprint density at radius 1 is 1.21 bits per heavy atom. The van der Waals surface area contributed by atoms with E-state index >= 15 is 0 Å². The number of nitrogens with zero attached hydrogens (tertiary/aromatic N) is 1. The Kier molecular flexibility index (Phi) is 5.29. The largest absolute Gasteiger partial charge is 0.493 e. The van der Waals surface area contributed by atoms with Gasteiger partial charge in [0.1, 0.15) is 0 Å². The molecule has 106 valence electrons. The van der Waals surface area contributed by atoms with Gasteiger partial charge in [-0.2, -0.15) is 0 Å². The van der Waals surface area contributed by atoms with Gasteiger partial charge in [0.25, 0.3) is 0 Å². The molecule has 0 unspecified atom stereocenters. The van der Waals surface area contributed by atoms with Crippen LogP contribution in [0.1, 0.15) is 13.8 Å². The molecule has 0 radical (unpaired) electrons. The van der Waals surface area contributed by atoms with Gasteiger partial charge in [-0.05, 0) is 13.8 Å². The van der Waals surface area contributed by atoms with Gasteiger partial charge in [0, 0.05) is 25.2 Å². The topological polar surface area (TPSA) is 76.8 Å². The van der Waals surface area contributed by atoms with Crippen molar-refractivity contribution in [2.75, 3.05) is 38.4 Å². The molecule has 0 aliphatic heterocycles.